The zero-order chi connectivity index (χ0) is 36.8. The summed E-state index contributed by atoms with van der Waals surface area (Å²) in [6.07, 6.45) is 12.9. The Kier molecular flexibility index (Phi) is 18.5. The van der Waals surface area contributed by atoms with Gasteiger partial charge in [0.1, 0.15) is 0 Å². The average Bonchev–Trinajstić information content (AvgIpc) is 3.09. The van der Waals surface area contributed by atoms with Gasteiger partial charge >= 0.3 is 0 Å². The quantitative estimate of drug-likeness (QED) is 0.0323. The number of hydrogen-bond donors (Lipinski definition) is 0. The van der Waals surface area contributed by atoms with Crippen LogP contribution >= 0.6 is 0 Å². The Morgan fingerprint density at radius 2 is 0.898 bits per heavy atom. The molecular formula is C39H65F6OSi3. The van der Waals surface area contributed by atoms with Crippen molar-refractivity contribution < 1.29 is 30.8 Å². The van der Waals surface area contributed by atoms with E-state index in [-0.39, 0.29) is 5.54 Å². The van der Waals surface area contributed by atoms with Gasteiger partial charge in [0.2, 0.25) is 5.82 Å². The third kappa shape index (κ3) is 12.1. The van der Waals surface area contributed by atoms with E-state index in [2.05, 4.69) is 40.8 Å². The second kappa shape index (κ2) is 20.7. The summed E-state index contributed by atoms with van der Waals surface area (Å²) in [7, 11) is -5.16. The molecule has 0 atom stereocenters. The molecule has 1 nitrogen and oxygen atoms in total. The fourth-order valence-electron chi connectivity index (χ4n) is 7.12. The van der Waals surface area contributed by atoms with E-state index in [9.17, 15) is 13.2 Å². The lowest BCUT2D eigenvalue weighted by molar-refractivity contribution is 0.403. The smallest absolute Gasteiger partial charge is 0.254 e. The molecular weight excluding hydrogens is 683 g/mol. The highest BCUT2D eigenvalue weighted by atomic mass is 28.4. The highest BCUT2D eigenvalue weighted by Gasteiger charge is 2.42. The van der Waals surface area contributed by atoms with Crippen LogP contribution in [0.15, 0.2) is 0 Å². The van der Waals surface area contributed by atoms with Crippen molar-refractivity contribution in [3.63, 3.8) is 0 Å². The first-order chi connectivity index (χ1) is 23.1. The number of fused-ring (bicyclic) bond motifs is 1. The molecule has 2 aromatic rings. The molecule has 2 rings (SSSR count). The van der Waals surface area contributed by atoms with E-state index in [0.29, 0.717) is 12.1 Å². The predicted molar refractivity (Wildman–Crippen MR) is 204 cm³/mol. The monoisotopic (exact) mass is 747 g/mol. The van der Waals surface area contributed by atoms with Crippen LogP contribution in [-0.4, -0.2) is 24.5 Å². The predicted octanol–water partition coefficient (Wildman–Crippen LogP) is 15.1. The van der Waals surface area contributed by atoms with Crippen molar-refractivity contribution in [2.24, 2.45) is 0 Å². The van der Waals surface area contributed by atoms with E-state index in [0.717, 1.165) is 51.4 Å². The molecule has 2 aromatic carbocycles. The van der Waals surface area contributed by atoms with Crippen LogP contribution in [0.5, 0.6) is 5.75 Å². The van der Waals surface area contributed by atoms with Crippen molar-refractivity contribution in [2.45, 2.75) is 186 Å². The summed E-state index contributed by atoms with van der Waals surface area (Å²) < 4.78 is 95.5. The Hall–Kier alpha value is -1.27. The summed E-state index contributed by atoms with van der Waals surface area (Å²) in [6, 6.07) is 10.9. The molecule has 1 radical (unpaired) electrons. The van der Waals surface area contributed by atoms with Crippen molar-refractivity contribution in [1.29, 1.82) is 0 Å². The third-order valence-corrected chi connectivity index (χ3v) is 27.2. The molecule has 0 unspecified atom stereocenters. The molecule has 0 saturated carbocycles. The summed E-state index contributed by atoms with van der Waals surface area (Å²) in [6.45, 7) is 18.2. The minimum absolute atomic E-state index is 0.0668. The first-order valence-corrected chi connectivity index (χ1v) is 28.0. The van der Waals surface area contributed by atoms with E-state index < -0.39 is 75.9 Å². The van der Waals surface area contributed by atoms with Crippen LogP contribution < -0.4 is 4.43 Å². The van der Waals surface area contributed by atoms with Gasteiger partial charge in [-0.05, 0) is 17.6 Å². The van der Waals surface area contributed by atoms with Crippen molar-refractivity contribution in [3.05, 3.63) is 41.0 Å². The molecule has 49 heavy (non-hydrogen) atoms. The van der Waals surface area contributed by atoms with E-state index >= 15 is 13.2 Å². The van der Waals surface area contributed by atoms with Crippen molar-refractivity contribution in [3.8, 4) is 5.75 Å². The molecule has 0 amide bonds. The van der Waals surface area contributed by atoms with E-state index in [4.69, 9.17) is 4.43 Å². The molecule has 0 N–H and O–H groups in total. The molecule has 0 heterocycles. The second-order valence-corrected chi connectivity index (χ2v) is 31.2. The lowest BCUT2D eigenvalue weighted by Crippen LogP contribution is -2.45. The minimum Gasteiger partial charge on any atom is -0.539 e. The van der Waals surface area contributed by atoms with Gasteiger partial charge in [-0.15, -0.1) is 0 Å². The summed E-state index contributed by atoms with van der Waals surface area (Å²) in [4.78, 5) is 0. The van der Waals surface area contributed by atoms with Crippen LogP contribution in [0.3, 0.4) is 0 Å². The lowest BCUT2D eigenvalue weighted by Gasteiger charge is -2.36. The number of hydrogen-bond acceptors (Lipinski definition) is 1. The maximum Gasteiger partial charge on any atom is 0.254 e. The topological polar surface area (TPSA) is 9.23 Å². The summed E-state index contributed by atoms with van der Waals surface area (Å²) >= 11 is 0. The first kappa shape index (κ1) is 43.9. The highest BCUT2D eigenvalue weighted by molar-refractivity contribution is 6.79. The Balaban J connectivity index is 2.19. The fourth-order valence-corrected chi connectivity index (χ4v) is 15.9. The van der Waals surface area contributed by atoms with Gasteiger partial charge < -0.3 is 4.43 Å². The zero-order valence-electron chi connectivity index (χ0n) is 31.9. The summed E-state index contributed by atoms with van der Waals surface area (Å²) in [5.74, 6) is -11.6. The van der Waals surface area contributed by atoms with Crippen LogP contribution in [0.4, 0.5) is 26.3 Å². The van der Waals surface area contributed by atoms with Crippen LogP contribution in [-0.2, 0) is 0 Å². The van der Waals surface area contributed by atoms with E-state index in [1.165, 1.54) is 61.9 Å². The second-order valence-electron chi connectivity index (χ2n) is 15.7. The van der Waals surface area contributed by atoms with Crippen molar-refractivity contribution in [1.82, 2.24) is 0 Å². The Labute approximate surface area is 297 Å². The maximum atomic E-state index is 15.8. The van der Waals surface area contributed by atoms with Gasteiger partial charge in [0, 0.05) is 27.6 Å². The third-order valence-electron chi connectivity index (χ3n) is 12.2. The normalized spacial score (nSPS) is 12.9. The maximum absolute atomic E-state index is 15.8. The van der Waals surface area contributed by atoms with Gasteiger partial charge in [-0.25, -0.2) is 22.0 Å². The largest absolute Gasteiger partial charge is 0.539 e. The van der Waals surface area contributed by atoms with Crippen LogP contribution in [0.25, 0.3) is 10.8 Å². The average molecular weight is 748 g/mol. The molecule has 281 valence electrons. The Morgan fingerprint density at radius 3 is 1.29 bits per heavy atom. The molecule has 0 fully saturated rings. The van der Waals surface area contributed by atoms with Gasteiger partial charge in [0.15, 0.2) is 34.8 Å². The number of unbranched alkanes of at least 4 members (excludes halogenated alkanes) is 10. The molecule has 0 aromatic heterocycles. The van der Waals surface area contributed by atoms with Crippen LogP contribution in [0, 0.1) is 41.0 Å². The Morgan fingerprint density at radius 1 is 0.510 bits per heavy atom. The van der Waals surface area contributed by atoms with E-state index in [1.54, 1.807) is 6.07 Å². The van der Waals surface area contributed by atoms with Crippen LogP contribution in [0.2, 0.25) is 67.0 Å². The molecule has 10 heteroatoms. The highest BCUT2D eigenvalue weighted by Crippen LogP contribution is 2.42. The summed E-state index contributed by atoms with van der Waals surface area (Å²) in [5.41, 5.74) is -0.0668. The van der Waals surface area contributed by atoms with Gasteiger partial charge in [0.25, 0.3) is 8.32 Å². The molecule has 0 spiro atoms. The Bertz CT molecular complexity index is 1260. The molecule has 0 saturated heterocycles. The van der Waals surface area contributed by atoms with E-state index in [1.807, 2.05) is 13.8 Å². The van der Waals surface area contributed by atoms with Crippen molar-refractivity contribution >= 4 is 35.2 Å². The van der Waals surface area contributed by atoms with Gasteiger partial charge in [-0.3, -0.25) is 0 Å². The molecule has 0 aliphatic heterocycles. The number of rotatable bonds is 25. The SMILES string of the molecule is CC[Si](C)(CC)CCCCCCCC[Si](CCCCCCCC[Si](C)(CC)CC)(Oc1c(F)c(F)c2[c]c(F)c(F)c(F)c2c1F)C(C)C. The molecule has 0 aliphatic carbocycles. The zero-order valence-corrected chi connectivity index (χ0v) is 34.9. The number of benzene rings is 2. The fraction of sp³-hybridized carbons (Fsp3) is 0.744. The molecule has 0 bridgehead atoms. The van der Waals surface area contributed by atoms with Crippen LogP contribution in [0.1, 0.15) is 119 Å². The van der Waals surface area contributed by atoms with Gasteiger partial charge in [-0.1, -0.05) is 168 Å². The molecule has 0 aliphatic rings. The lowest BCUT2D eigenvalue weighted by atomic mass is 10.1. The van der Waals surface area contributed by atoms with Crippen molar-refractivity contribution in [2.75, 3.05) is 0 Å². The number of halogens is 6. The first-order valence-electron chi connectivity index (χ1n) is 19.4. The summed E-state index contributed by atoms with van der Waals surface area (Å²) in [5, 5.41) is -2.27. The van der Waals surface area contributed by atoms with Gasteiger partial charge in [0.05, 0.1) is 5.39 Å². The standard InChI is InChI=1S/C39H65F6OSi3/c1-9-47(7,10-2)25-21-17-13-15-19-23-27-49(30(5)6,28-24-20-16-14-18-22-26-48(8,11-3)12-4)46-39-37(44)33-31(34(41)38(39)45)29-32(40)35(42)36(33)43/h30H,9-28H2,1-8H3. The van der Waals surface area contributed by atoms with Gasteiger partial charge in [-0.2, -0.15) is 4.39 Å². The minimum atomic E-state index is -2.98.